The Bertz CT molecular complexity index is 234. The van der Waals surface area contributed by atoms with Gasteiger partial charge in [-0.15, -0.1) is 11.6 Å². The first-order chi connectivity index (χ1) is 7.08. The van der Waals surface area contributed by atoms with Gasteiger partial charge in [0, 0.05) is 6.54 Å². The van der Waals surface area contributed by atoms with Crippen LogP contribution in [0.15, 0.2) is 0 Å². The first-order valence-corrected chi connectivity index (χ1v) is 5.44. The molecule has 0 aromatic carbocycles. The number of carbonyl (C=O) groups excluding carboxylic acids is 1. The Kier molecular flexibility index (Phi) is 7.10. The van der Waals surface area contributed by atoms with Gasteiger partial charge in [-0.05, 0) is 13.3 Å². The lowest BCUT2D eigenvalue weighted by atomic mass is 10.2. The molecule has 0 radical (unpaired) electrons. The number of aliphatic hydroxyl groups excluding tert-OH is 1. The summed E-state index contributed by atoms with van der Waals surface area (Å²) in [7, 11) is 0. The molecule has 0 saturated carbocycles. The Hall–Kier alpha value is -0.790. The largest absolute Gasteiger partial charge is 0.394 e. The molecule has 2 atom stereocenters. The SMILES string of the molecule is CCC(CO)N(CCC#N)C(=O)C(C)Cl. The van der Waals surface area contributed by atoms with Gasteiger partial charge in [-0.2, -0.15) is 5.26 Å². The summed E-state index contributed by atoms with van der Waals surface area (Å²) in [6, 6.07) is 1.73. The number of aliphatic hydroxyl groups is 1. The Morgan fingerprint density at radius 1 is 1.67 bits per heavy atom. The van der Waals surface area contributed by atoms with Crippen LogP contribution in [0.4, 0.5) is 0 Å². The molecule has 0 bridgehead atoms. The standard InChI is InChI=1S/C10H17ClN2O2/c1-3-9(7-14)13(6-4-5-12)10(15)8(2)11/h8-9,14H,3-4,6-7H2,1-2H3. The van der Waals surface area contributed by atoms with Crippen LogP contribution < -0.4 is 0 Å². The maximum absolute atomic E-state index is 11.7. The third-order valence-corrected chi connectivity index (χ3v) is 2.40. The lowest BCUT2D eigenvalue weighted by molar-refractivity contribution is -0.133. The summed E-state index contributed by atoms with van der Waals surface area (Å²) in [5.41, 5.74) is 0. The lowest BCUT2D eigenvalue weighted by Crippen LogP contribution is -2.45. The van der Waals surface area contributed by atoms with E-state index in [-0.39, 0.29) is 25.0 Å². The van der Waals surface area contributed by atoms with Crippen LogP contribution in [0.3, 0.4) is 0 Å². The van der Waals surface area contributed by atoms with Crippen molar-refractivity contribution in [1.29, 1.82) is 5.26 Å². The van der Waals surface area contributed by atoms with E-state index in [1.165, 1.54) is 4.90 Å². The zero-order chi connectivity index (χ0) is 11.8. The molecule has 5 heteroatoms. The highest BCUT2D eigenvalue weighted by atomic mass is 35.5. The molecule has 1 amide bonds. The first kappa shape index (κ1) is 14.2. The van der Waals surface area contributed by atoms with E-state index in [1.807, 2.05) is 13.0 Å². The number of hydrogen-bond acceptors (Lipinski definition) is 3. The van der Waals surface area contributed by atoms with Gasteiger partial charge in [-0.1, -0.05) is 6.92 Å². The molecule has 0 heterocycles. The average molecular weight is 233 g/mol. The van der Waals surface area contributed by atoms with Gasteiger partial charge in [0.15, 0.2) is 0 Å². The third-order valence-electron chi connectivity index (χ3n) is 2.21. The van der Waals surface area contributed by atoms with Crippen molar-refractivity contribution in [1.82, 2.24) is 4.90 Å². The van der Waals surface area contributed by atoms with E-state index < -0.39 is 5.38 Å². The minimum atomic E-state index is -0.621. The molecule has 4 nitrogen and oxygen atoms in total. The van der Waals surface area contributed by atoms with Crippen molar-refractivity contribution in [3.05, 3.63) is 0 Å². The van der Waals surface area contributed by atoms with Crippen molar-refractivity contribution in [3.8, 4) is 6.07 Å². The molecule has 0 fully saturated rings. The average Bonchev–Trinajstić information content (AvgIpc) is 2.23. The molecular weight excluding hydrogens is 216 g/mol. The van der Waals surface area contributed by atoms with Crippen LogP contribution in [-0.4, -0.2) is 40.5 Å². The number of nitrogens with zero attached hydrogens (tertiary/aromatic N) is 2. The molecule has 2 unspecified atom stereocenters. The number of carbonyl (C=O) groups is 1. The van der Waals surface area contributed by atoms with Crippen LogP contribution in [0.2, 0.25) is 0 Å². The predicted octanol–water partition coefficient (Wildman–Crippen LogP) is 1.13. The minimum absolute atomic E-state index is 0.0999. The van der Waals surface area contributed by atoms with Gasteiger partial charge in [0.25, 0.3) is 0 Å². The number of hydrogen-bond donors (Lipinski definition) is 1. The molecule has 86 valence electrons. The Labute approximate surface area is 95.4 Å². The van der Waals surface area contributed by atoms with E-state index in [9.17, 15) is 4.79 Å². The van der Waals surface area contributed by atoms with Crippen molar-refractivity contribution in [2.75, 3.05) is 13.2 Å². The summed E-state index contributed by atoms with van der Waals surface area (Å²) < 4.78 is 0. The van der Waals surface area contributed by atoms with E-state index >= 15 is 0 Å². The Morgan fingerprint density at radius 2 is 2.27 bits per heavy atom. The van der Waals surface area contributed by atoms with Gasteiger partial charge in [-0.3, -0.25) is 4.79 Å². The normalized spacial score (nSPS) is 14.1. The summed E-state index contributed by atoms with van der Waals surface area (Å²) in [6.07, 6.45) is 0.906. The molecular formula is C10H17ClN2O2. The van der Waals surface area contributed by atoms with Gasteiger partial charge < -0.3 is 10.0 Å². The number of halogens is 1. The molecule has 0 rings (SSSR count). The smallest absolute Gasteiger partial charge is 0.240 e. The summed E-state index contributed by atoms with van der Waals surface area (Å²) >= 11 is 5.70. The molecule has 0 aromatic heterocycles. The highest BCUT2D eigenvalue weighted by Crippen LogP contribution is 2.10. The molecule has 0 aliphatic carbocycles. The second-order valence-corrected chi connectivity index (χ2v) is 3.96. The molecule has 15 heavy (non-hydrogen) atoms. The highest BCUT2D eigenvalue weighted by molar-refractivity contribution is 6.30. The van der Waals surface area contributed by atoms with Gasteiger partial charge in [0.05, 0.1) is 25.1 Å². The highest BCUT2D eigenvalue weighted by Gasteiger charge is 2.24. The second kappa shape index (κ2) is 7.49. The zero-order valence-electron chi connectivity index (χ0n) is 9.11. The van der Waals surface area contributed by atoms with Gasteiger partial charge in [0.1, 0.15) is 5.38 Å². The van der Waals surface area contributed by atoms with Crippen molar-refractivity contribution in [2.45, 2.75) is 38.1 Å². The fraction of sp³-hybridized carbons (Fsp3) is 0.800. The Balaban J connectivity index is 4.56. The van der Waals surface area contributed by atoms with Gasteiger partial charge >= 0.3 is 0 Å². The van der Waals surface area contributed by atoms with E-state index in [2.05, 4.69) is 0 Å². The number of rotatable bonds is 6. The zero-order valence-corrected chi connectivity index (χ0v) is 9.87. The number of alkyl halides is 1. The van der Waals surface area contributed by atoms with Crippen LogP contribution >= 0.6 is 11.6 Å². The summed E-state index contributed by atoms with van der Waals surface area (Å²) in [5.74, 6) is -0.229. The van der Waals surface area contributed by atoms with Crippen LogP contribution in [0.5, 0.6) is 0 Å². The van der Waals surface area contributed by atoms with E-state index in [0.29, 0.717) is 13.0 Å². The van der Waals surface area contributed by atoms with Gasteiger partial charge in [0.2, 0.25) is 5.91 Å². The van der Waals surface area contributed by atoms with Crippen molar-refractivity contribution in [3.63, 3.8) is 0 Å². The molecule has 0 spiro atoms. The number of nitriles is 1. The fourth-order valence-electron chi connectivity index (χ4n) is 1.32. The van der Waals surface area contributed by atoms with Crippen molar-refractivity contribution in [2.24, 2.45) is 0 Å². The molecule has 0 saturated heterocycles. The maximum atomic E-state index is 11.7. The lowest BCUT2D eigenvalue weighted by Gasteiger charge is -2.30. The molecule has 0 aliphatic heterocycles. The quantitative estimate of drug-likeness (QED) is 0.699. The summed E-state index contributed by atoms with van der Waals surface area (Å²) in [5, 5.41) is 17.0. The van der Waals surface area contributed by atoms with Crippen LogP contribution in [0.25, 0.3) is 0 Å². The van der Waals surface area contributed by atoms with E-state index in [1.54, 1.807) is 6.92 Å². The third kappa shape index (κ3) is 4.50. The topological polar surface area (TPSA) is 64.3 Å². The summed E-state index contributed by atoms with van der Waals surface area (Å²) in [6.45, 7) is 3.70. The predicted molar refractivity (Wildman–Crippen MR) is 58.4 cm³/mol. The molecule has 1 N–H and O–H groups in total. The minimum Gasteiger partial charge on any atom is -0.394 e. The van der Waals surface area contributed by atoms with E-state index in [4.69, 9.17) is 22.0 Å². The van der Waals surface area contributed by atoms with Crippen LogP contribution in [0, 0.1) is 11.3 Å². The molecule has 0 aromatic rings. The maximum Gasteiger partial charge on any atom is 0.240 e. The summed E-state index contributed by atoms with van der Waals surface area (Å²) in [4.78, 5) is 13.2. The van der Waals surface area contributed by atoms with Gasteiger partial charge in [-0.25, -0.2) is 0 Å². The first-order valence-electron chi connectivity index (χ1n) is 5.00. The fourth-order valence-corrected chi connectivity index (χ4v) is 1.45. The van der Waals surface area contributed by atoms with Crippen molar-refractivity contribution < 1.29 is 9.90 Å². The second-order valence-electron chi connectivity index (χ2n) is 3.30. The Morgan fingerprint density at radius 3 is 2.60 bits per heavy atom. The molecule has 0 aliphatic rings. The van der Waals surface area contributed by atoms with Crippen molar-refractivity contribution >= 4 is 17.5 Å². The van der Waals surface area contributed by atoms with Crippen LogP contribution in [-0.2, 0) is 4.79 Å². The monoisotopic (exact) mass is 232 g/mol. The van der Waals surface area contributed by atoms with Crippen LogP contribution in [0.1, 0.15) is 26.7 Å². The number of amides is 1. The van der Waals surface area contributed by atoms with E-state index in [0.717, 1.165) is 0 Å².